The van der Waals surface area contributed by atoms with Crippen molar-refractivity contribution in [1.29, 1.82) is 0 Å². The van der Waals surface area contributed by atoms with Crippen molar-refractivity contribution in [2.45, 2.75) is 13.5 Å². The molecule has 0 atom stereocenters. The first-order valence-electron chi connectivity index (χ1n) is 6.08. The molecule has 0 amide bonds. The average molecular weight is 443 g/mol. The van der Waals surface area contributed by atoms with Gasteiger partial charge >= 0.3 is 0 Å². The molecule has 4 nitrogen and oxygen atoms in total. The molecule has 1 aromatic carbocycles. The number of nitrogens with two attached hydrogens (primary N) is 1. The van der Waals surface area contributed by atoms with Crippen LogP contribution in [0.4, 0.5) is 5.82 Å². The van der Waals surface area contributed by atoms with Gasteiger partial charge in [-0.05, 0) is 47.2 Å². The number of nitrogens with zero attached hydrogens (tertiary/aromatic N) is 3. The second kappa shape index (κ2) is 5.33. The van der Waals surface area contributed by atoms with E-state index in [9.17, 15) is 0 Å². The summed E-state index contributed by atoms with van der Waals surface area (Å²) in [5.74, 6) is 0.704. The number of aromatic nitrogens is 3. The highest BCUT2D eigenvalue weighted by molar-refractivity contribution is 14.1. The minimum Gasteiger partial charge on any atom is -0.383 e. The molecular weight excluding hydrogens is 431 g/mol. The van der Waals surface area contributed by atoms with E-state index < -0.39 is 0 Å². The fourth-order valence-electron chi connectivity index (χ4n) is 2.18. The molecule has 0 aliphatic carbocycles. The summed E-state index contributed by atoms with van der Waals surface area (Å²) in [6.07, 6.45) is 1.81. The molecule has 2 heterocycles. The summed E-state index contributed by atoms with van der Waals surface area (Å²) in [6, 6.07) is 8.09. The number of aryl methyl sites for hydroxylation is 1. The maximum Gasteiger partial charge on any atom is 0.135 e. The van der Waals surface area contributed by atoms with Crippen LogP contribution in [-0.4, -0.2) is 14.8 Å². The van der Waals surface area contributed by atoms with Crippen LogP contribution in [0.1, 0.15) is 11.3 Å². The Morgan fingerprint density at radius 1 is 1.35 bits per heavy atom. The lowest BCUT2D eigenvalue weighted by Crippen LogP contribution is -2.07. The zero-order valence-electron chi connectivity index (χ0n) is 10.8. The van der Waals surface area contributed by atoms with Gasteiger partial charge in [-0.15, -0.1) is 0 Å². The molecule has 20 heavy (non-hydrogen) atoms. The van der Waals surface area contributed by atoms with E-state index in [-0.39, 0.29) is 0 Å². The Morgan fingerprint density at radius 2 is 2.15 bits per heavy atom. The number of hydrogen-bond acceptors (Lipinski definition) is 3. The number of anilines is 1. The smallest absolute Gasteiger partial charge is 0.135 e. The fourth-order valence-corrected chi connectivity index (χ4v) is 3.02. The molecule has 0 unspecified atom stereocenters. The highest BCUT2D eigenvalue weighted by Gasteiger charge is 2.12. The molecule has 3 aromatic rings. The van der Waals surface area contributed by atoms with Gasteiger partial charge in [-0.1, -0.05) is 28.1 Å². The van der Waals surface area contributed by atoms with Crippen LogP contribution in [0.5, 0.6) is 0 Å². The number of rotatable bonds is 2. The molecule has 0 aliphatic heterocycles. The highest BCUT2D eigenvalue weighted by Crippen LogP contribution is 2.27. The fraction of sp³-hybridized carbons (Fsp3) is 0.143. The van der Waals surface area contributed by atoms with E-state index in [2.05, 4.69) is 60.7 Å². The summed E-state index contributed by atoms with van der Waals surface area (Å²) in [5.41, 5.74) is 9.13. The average Bonchev–Trinajstić information content (AvgIpc) is 2.70. The third kappa shape index (κ3) is 2.31. The lowest BCUT2D eigenvalue weighted by molar-refractivity contribution is 0.691. The molecule has 6 heteroatoms. The Balaban J connectivity index is 2.11. The zero-order valence-corrected chi connectivity index (χ0v) is 14.5. The number of pyridine rings is 1. The summed E-state index contributed by atoms with van der Waals surface area (Å²) >= 11 is 5.78. The maximum absolute atomic E-state index is 6.09. The summed E-state index contributed by atoms with van der Waals surface area (Å²) in [5, 5.41) is 5.58. The predicted molar refractivity (Wildman–Crippen MR) is 92.6 cm³/mol. The van der Waals surface area contributed by atoms with Crippen LogP contribution < -0.4 is 5.73 Å². The first-order valence-corrected chi connectivity index (χ1v) is 7.95. The largest absolute Gasteiger partial charge is 0.383 e. The van der Waals surface area contributed by atoms with E-state index in [1.807, 2.05) is 23.7 Å². The van der Waals surface area contributed by atoms with Crippen LogP contribution in [0, 0.1) is 10.5 Å². The standard InChI is InChI=1S/C14H12BrIN4/c1-8-12(16)14(17)20(19-8)7-9-4-5-11(15)10-3-2-6-18-13(9)10/h2-6H,7,17H2,1H3. The van der Waals surface area contributed by atoms with Crippen molar-refractivity contribution in [2.75, 3.05) is 5.73 Å². The van der Waals surface area contributed by atoms with Gasteiger partial charge in [0, 0.05) is 16.1 Å². The minimum absolute atomic E-state index is 0.621. The molecule has 0 saturated heterocycles. The first-order chi connectivity index (χ1) is 9.58. The lowest BCUT2D eigenvalue weighted by Gasteiger charge is -2.08. The second-order valence-corrected chi connectivity index (χ2v) is 6.48. The minimum atomic E-state index is 0.621. The molecule has 0 spiro atoms. The first kappa shape index (κ1) is 13.8. The van der Waals surface area contributed by atoms with Gasteiger partial charge in [-0.25, -0.2) is 4.68 Å². The monoisotopic (exact) mass is 442 g/mol. The molecule has 102 valence electrons. The Bertz CT molecular complexity index is 797. The van der Waals surface area contributed by atoms with Gasteiger partial charge in [-0.3, -0.25) is 4.98 Å². The van der Waals surface area contributed by atoms with Crippen molar-refractivity contribution >= 4 is 55.2 Å². The Hall–Kier alpha value is -1.15. The van der Waals surface area contributed by atoms with E-state index in [0.29, 0.717) is 12.4 Å². The van der Waals surface area contributed by atoms with Crippen LogP contribution in [0.15, 0.2) is 34.9 Å². The Kier molecular flexibility index (Phi) is 3.68. The quantitative estimate of drug-likeness (QED) is 0.615. The number of benzene rings is 1. The van der Waals surface area contributed by atoms with Crippen molar-refractivity contribution in [1.82, 2.24) is 14.8 Å². The predicted octanol–water partition coefficient (Wildman–Crippen LogP) is 3.74. The van der Waals surface area contributed by atoms with Gasteiger partial charge < -0.3 is 5.73 Å². The van der Waals surface area contributed by atoms with Crippen molar-refractivity contribution in [3.05, 3.63) is 49.8 Å². The molecule has 0 bridgehead atoms. The van der Waals surface area contributed by atoms with E-state index in [0.717, 1.165) is 30.2 Å². The maximum atomic E-state index is 6.09. The van der Waals surface area contributed by atoms with Crippen molar-refractivity contribution in [3.63, 3.8) is 0 Å². The topological polar surface area (TPSA) is 56.7 Å². The molecular formula is C14H12BrIN4. The van der Waals surface area contributed by atoms with Gasteiger partial charge in [0.25, 0.3) is 0 Å². The van der Waals surface area contributed by atoms with Crippen LogP contribution in [0.2, 0.25) is 0 Å². The Labute approximate surface area is 138 Å². The summed E-state index contributed by atoms with van der Waals surface area (Å²) in [7, 11) is 0. The van der Waals surface area contributed by atoms with Gasteiger partial charge in [0.2, 0.25) is 0 Å². The third-order valence-corrected chi connectivity index (χ3v) is 5.24. The van der Waals surface area contributed by atoms with Crippen LogP contribution in [-0.2, 0) is 6.54 Å². The number of fused-ring (bicyclic) bond motifs is 1. The van der Waals surface area contributed by atoms with Crippen molar-refractivity contribution < 1.29 is 0 Å². The highest BCUT2D eigenvalue weighted by atomic mass is 127. The molecule has 0 fully saturated rings. The molecule has 0 saturated carbocycles. The van der Waals surface area contributed by atoms with E-state index in [1.165, 1.54) is 0 Å². The van der Waals surface area contributed by atoms with Crippen molar-refractivity contribution in [3.8, 4) is 0 Å². The zero-order chi connectivity index (χ0) is 14.3. The second-order valence-electron chi connectivity index (χ2n) is 4.55. The van der Waals surface area contributed by atoms with Crippen molar-refractivity contribution in [2.24, 2.45) is 0 Å². The number of nitrogen functional groups attached to an aromatic ring is 1. The van der Waals surface area contributed by atoms with Crippen LogP contribution in [0.3, 0.4) is 0 Å². The van der Waals surface area contributed by atoms with E-state index in [4.69, 9.17) is 5.73 Å². The molecule has 2 aromatic heterocycles. The van der Waals surface area contributed by atoms with E-state index >= 15 is 0 Å². The summed E-state index contributed by atoms with van der Waals surface area (Å²) in [4.78, 5) is 4.48. The normalized spacial score (nSPS) is 11.2. The molecule has 3 rings (SSSR count). The lowest BCUT2D eigenvalue weighted by atomic mass is 10.1. The number of hydrogen-bond donors (Lipinski definition) is 1. The van der Waals surface area contributed by atoms with Gasteiger partial charge in [0.05, 0.1) is 21.3 Å². The molecule has 0 aliphatic rings. The van der Waals surface area contributed by atoms with Gasteiger partial charge in [0.15, 0.2) is 0 Å². The third-order valence-electron chi connectivity index (χ3n) is 3.21. The number of halogens is 2. The summed E-state index contributed by atoms with van der Waals surface area (Å²) in [6.45, 7) is 2.59. The SMILES string of the molecule is Cc1nn(Cc2ccc(Br)c3cccnc23)c(N)c1I. The van der Waals surface area contributed by atoms with Gasteiger partial charge in [0.1, 0.15) is 5.82 Å². The van der Waals surface area contributed by atoms with Gasteiger partial charge in [-0.2, -0.15) is 5.10 Å². The van der Waals surface area contributed by atoms with E-state index in [1.54, 1.807) is 6.20 Å². The summed E-state index contributed by atoms with van der Waals surface area (Å²) < 4.78 is 3.88. The van der Waals surface area contributed by atoms with Crippen LogP contribution >= 0.6 is 38.5 Å². The Morgan fingerprint density at radius 3 is 2.85 bits per heavy atom. The van der Waals surface area contributed by atoms with Crippen LogP contribution in [0.25, 0.3) is 10.9 Å². The molecule has 2 N–H and O–H groups in total. The molecule has 0 radical (unpaired) electrons.